The van der Waals surface area contributed by atoms with Crippen molar-refractivity contribution >= 4 is 53.9 Å². The van der Waals surface area contributed by atoms with E-state index < -0.39 is 0 Å². The lowest BCUT2D eigenvalue weighted by Gasteiger charge is -2.13. The standard InChI is InChI=1S/C29H16/c1-2-4-15-11-21-20(10-14(15)3-1)22-12-18-7-5-16-9-17-6-8-19-13-23(21)29-27(19)25(17)24(16)26(18)28(22)29/h1-8,10-11H,9,12-13H2. The van der Waals surface area contributed by atoms with Crippen LogP contribution in [0.2, 0.25) is 0 Å². The van der Waals surface area contributed by atoms with Crippen LogP contribution < -0.4 is 0 Å². The van der Waals surface area contributed by atoms with Crippen LogP contribution in [-0.4, -0.2) is 0 Å². The molecule has 0 aliphatic heterocycles. The summed E-state index contributed by atoms with van der Waals surface area (Å²) in [4.78, 5) is 0. The van der Waals surface area contributed by atoms with Crippen molar-refractivity contribution in [3.63, 3.8) is 0 Å². The van der Waals surface area contributed by atoms with Crippen molar-refractivity contribution in [1.82, 2.24) is 0 Å². The normalized spacial score (nSPS) is 15.2. The molecule has 0 amide bonds. The molecule has 0 nitrogen and oxygen atoms in total. The van der Waals surface area contributed by atoms with E-state index in [1.54, 1.807) is 43.4 Å². The number of benzene rings is 6. The third kappa shape index (κ3) is 1.32. The van der Waals surface area contributed by atoms with Crippen LogP contribution in [-0.2, 0) is 19.3 Å². The van der Waals surface area contributed by atoms with E-state index in [4.69, 9.17) is 0 Å². The van der Waals surface area contributed by atoms with Gasteiger partial charge in [-0.15, -0.1) is 0 Å². The van der Waals surface area contributed by atoms with Crippen LogP contribution in [0.1, 0.15) is 33.4 Å². The highest BCUT2D eigenvalue weighted by atomic mass is 14.4. The van der Waals surface area contributed by atoms with Crippen molar-refractivity contribution in [1.29, 1.82) is 0 Å². The van der Waals surface area contributed by atoms with Gasteiger partial charge in [0.1, 0.15) is 0 Å². The third-order valence-corrected chi connectivity index (χ3v) is 8.01. The van der Waals surface area contributed by atoms with Crippen molar-refractivity contribution in [3.05, 3.63) is 94.0 Å². The monoisotopic (exact) mass is 364 g/mol. The second-order valence-electron chi connectivity index (χ2n) is 9.25. The average Bonchev–Trinajstić information content (AvgIpc) is 3.42. The Balaban J connectivity index is 1.68. The Labute approximate surface area is 167 Å². The highest BCUT2D eigenvalue weighted by Crippen LogP contribution is 2.55. The molecule has 0 radical (unpaired) electrons. The van der Waals surface area contributed by atoms with Crippen molar-refractivity contribution in [3.8, 4) is 0 Å². The summed E-state index contributed by atoms with van der Waals surface area (Å²) in [5, 5.41) is 15.2. The molecule has 0 heterocycles. The molecule has 0 atom stereocenters. The van der Waals surface area contributed by atoms with Gasteiger partial charge in [-0.05, 0) is 119 Å². The Bertz CT molecular complexity index is 1680. The van der Waals surface area contributed by atoms with Crippen LogP contribution in [0, 0.1) is 0 Å². The summed E-state index contributed by atoms with van der Waals surface area (Å²) in [5.74, 6) is 0. The predicted octanol–water partition coefficient (Wildman–Crippen LogP) is 7.17. The van der Waals surface area contributed by atoms with E-state index in [1.807, 2.05) is 0 Å². The lowest BCUT2D eigenvalue weighted by Crippen LogP contribution is -1.90. The number of hydrogen-bond donors (Lipinski definition) is 0. The molecule has 9 rings (SSSR count). The Morgan fingerprint density at radius 1 is 0.414 bits per heavy atom. The van der Waals surface area contributed by atoms with Gasteiger partial charge in [0.25, 0.3) is 0 Å². The van der Waals surface area contributed by atoms with Crippen molar-refractivity contribution in [2.24, 2.45) is 0 Å². The predicted molar refractivity (Wildman–Crippen MR) is 122 cm³/mol. The first-order chi connectivity index (χ1) is 14.4. The molecule has 0 bridgehead atoms. The maximum absolute atomic E-state index is 2.47. The van der Waals surface area contributed by atoms with Crippen LogP contribution in [0.3, 0.4) is 0 Å². The van der Waals surface area contributed by atoms with Gasteiger partial charge in [0, 0.05) is 0 Å². The number of fused-ring (bicyclic) bond motifs is 4. The van der Waals surface area contributed by atoms with Crippen LogP contribution in [0.15, 0.2) is 60.7 Å². The highest BCUT2D eigenvalue weighted by Gasteiger charge is 2.33. The molecule has 6 aromatic rings. The summed E-state index contributed by atoms with van der Waals surface area (Å²) < 4.78 is 0. The van der Waals surface area contributed by atoms with Crippen LogP contribution in [0.5, 0.6) is 0 Å². The molecule has 3 aliphatic carbocycles. The fourth-order valence-corrected chi connectivity index (χ4v) is 6.93. The van der Waals surface area contributed by atoms with Gasteiger partial charge in [-0.1, -0.05) is 48.5 Å². The van der Waals surface area contributed by atoms with Gasteiger partial charge < -0.3 is 0 Å². The molecule has 132 valence electrons. The van der Waals surface area contributed by atoms with Crippen molar-refractivity contribution < 1.29 is 0 Å². The minimum absolute atomic E-state index is 1.08. The molecular weight excluding hydrogens is 348 g/mol. The number of rotatable bonds is 0. The lowest BCUT2D eigenvalue weighted by molar-refractivity contribution is 1.24. The second-order valence-corrected chi connectivity index (χ2v) is 9.25. The Morgan fingerprint density at radius 2 is 0.828 bits per heavy atom. The fourth-order valence-electron chi connectivity index (χ4n) is 6.93. The van der Waals surface area contributed by atoms with E-state index in [9.17, 15) is 0 Å². The van der Waals surface area contributed by atoms with E-state index in [1.165, 1.54) is 43.8 Å². The summed E-state index contributed by atoms with van der Waals surface area (Å²) in [7, 11) is 0. The zero-order valence-corrected chi connectivity index (χ0v) is 15.9. The van der Waals surface area contributed by atoms with Gasteiger partial charge in [-0.3, -0.25) is 0 Å². The van der Waals surface area contributed by atoms with Gasteiger partial charge in [0.05, 0.1) is 0 Å². The topological polar surface area (TPSA) is 0 Å². The summed E-state index contributed by atoms with van der Waals surface area (Å²) in [5.41, 5.74) is 9.30. The molecule has 0 unspecified atom stereocenters. The van der Waals surface area contributed by atoms with E-state index in [2.05, 4.69) is 60.7 Å². The molecule has 0 N–H and O–H groups in total. The maximum atomic E-state index is 2.47. The first-order valence-electron chi connectivity index (χ1n) is 10.7. The van der Waals surface area contributed by atoms with E-state index in [-0.39, 0.29) is 0 Å². The number of hydrogen-bond acceptors (Lipinski definition) is 0. The quantitative estimate of drug-likeness (QED) is 0.198. The van der Waals surface area contributed by atoms with Gasteiger partial charge in [0.2, 0.25) is 0 Å². The van der Waals surface area contributed by atoms with Crippen LogP contribution in [0.25, 0.3) is 53.9 Å². The van der Waals surface area contributed by atoms with Crippen molar-refractivity contribution in [2.75, 3.05) is 0 Å². The third-order valence-electron chi connectivity index (χ3n) is 8.01. The van der Waals surface area contributed by atoms with Crippen LogP contribution >= 0.6 is 0 Å². The highest BCUT2D eigenvalue weighted by molar-refractivity contribution is 6.36. The lowest BCUT2D eigenvalue weighted by atomic mass is 9.90. The Hall–Kier alpha value is -3.38. The molecule has 0 saturated heterocycles. The van der Waals surface area contributed by atoms with Gasteiger partial charge >= 0.3 is 0 Å². The fraction of sp³-hybridized carbons (Fsp3) is 0.103. The summed E-state index contributed by atoms with van der Waals surface area (Å²) in [6.45, 7) is 0. The summed E-state index contributed by atoms with van der Waals surface area (Å²) in [6.07, 6.45) is 3.27. The van der Waals surface area contributed by atoms with E-state index in [0.717, 1.165) is 19.3 Å². The molecule has 29 heavy (non-hydrogen) atoms. The van der Waals surface area contributed by atoms with E-state index >= 15 is 0 Å². The molecule has 0 aromatic heterocycles. The first-order valence-corrected chi connectivity index (χ1v) is 10.7. The molecule has 0 fully saturated rings. The zero-order valence-electron chi connectivity index (χ0n) is 15.9. The SMILES string of the molecule is c1ccc2cc3c4c5c6c(ccc7c6c6c(ccc8c6c5c(c3cc2c1)C8)C7)C4. The van der Waals surface area contributed by atoms with Crippen molar-refractivity contribution in [2.45, 2.75) is 19.3 Å². The second kappa shape index (κ2) is 4.14. The van der Waals surface area contributed by atoms with E-state index in [0.29, 0.717) is 0 Å². The Kier molecular flexibility index (Phi) is 1.96. The minimum Gasteiger partial charge on any atom is -0.0616 e. The maximum Gasteiger partial charge on any atom is -0.000682 e. The molecule has 0 heteroatoms. The van der Waals surface area contributed by atoms with Gasteiger partial charge in [0.15, 0.2) is 0 Å². The Morgan fingerprint density at radius 3 is 1.31 bits per heavy atom. The zero-order chi connectivity index (χ0) is 18.4. The summed E-state index contributed by atoms with van der Waals surface area (Å²) in [6, 6.07) is 23.4. The molecule has 3 aliphatic rings. The summed E-state index contributed by atoms with van der Waals surface area (Å²) >= 11 is 0. The van der Waals surface area contributed by atoms with Gasteiger partial charge in [-0.2, -0.15) is 0 Å². The average molecular weight is 364 g/mol. The first kappa shape index (κ1) is 13.7. The molecule has 0 spiro atoms. The smallest absolute Gasteiger partial charge is 0.000682 e. The van der Waals surface area contributed by atoms with Gasteiger partial charge in [-0.25, -0.2) is 0 Å². The molecular formula is C29H16. The minimum atomic E-state index is 1.08. The largest absolute Gasteiger partial charge is 0.0616 e. The molecule has 0 saturated carbocycles. The van der Waals surface area contributed by atoms with Crippen LogP contribution in [0.4, 0.5) is 0 Å². The molecule has 6 aromatic carbocycles.